The Balaban J connectivity index is 1.96. The van der Waals surface area contributed by atoms with Gasteiger partial charge < -0.3 is 0 Å². The third-order valence-electron chi connectivity index (χ3n) is 4.17. The smallest absolute Gasteiger partial charge is 0.253 e. The Morgan fingerprint density at radius 3 is 2.64 bits per heavy atom. The van der Waals surface area contributed by atoms with E-state index in [4.69, 9.17) is 11.6 Å². The molecule has 0 saturated carbocycles. The molecule has 2 heterocycles. The van der Waals surface area contributed by atoms with Gasteiger partial charge in [0.05, 0.1) is 11.3 Å². The standard InChI is InChI=1S/C19H14ClFN2O2/c1-12-3-5-15(21)9-14(12)10-17(24)19(7-2-8-23-19)16-6-4-13(11-22-16)18(20)25/h2-9,11H,10H2,1H3. The van der Waals surface area contributed by atoms with Crippen molar-refractivity contribution < 1.29 is 14.0 Å². The van der Waals surface area contributed by atoms with Gasteiger partial charge in [0.2, 0.25) is 0 Å². The van der Waals surface area contributed by atoms with Gasteiger partial charge in [0.15, 0.2) is 11.3 Å². The second-order valence-electron chi connectivity index (χ2n) is 5.78. The van der Waals surface area contributed by atoms with Crippen molar-refractivity contribution in [3.05, 3.63) is 76.9 Å². The van der Waals surface area contributed by atoms with Gasteiger partial charge in [-0.3, -0.25) is 19.6 Å². The molecule has 2 aromatic rings. The number of pyridine rings is 1. The average Bonchev–Trinajstić information content (AvgIpc) is 3.09. The minimum atomic E-state index is -1.27. The highest BCUT2D eigenvalue weighted by Gasteiger charge is 2.39. The van der Waals surface area contributed by atoms with Gasteiger partial charge in [0, 0.05) is 18.8 Å². The lowest BCUT2D eigenvalue weighted by atomic mass is 9.86. The molecule has 1 aliphatic rings. The molecule has 0 N–H and O–H groups in total. The molecule has 0 fully saturated rings. The van der Waals surface area contributed by atoms with Crippen LogP contribution in [0.2, 0.25) is 0 Å². The molecule has 1 aliphatic heterocycles. The van der Waals surface area contributed by atoms with Crippen LogP contribution in [0.25, 0.3) is 0 Å². The van der Waals surface area contributed by atoms with E-state index in [1.165, 1.54) is 30.6 Å². The fourth-order valence-electron chi connectivity index (χ4n) is 2.72. The normalized spacial score (nSPS) is 18.5. The lowest BCUT2D eigenvalue weighted by molar-refractivity contribution is -0.122. The molecular formula is C19H14ClFN2O2. The minimum Gasteiger partial charge on any atom is -0.296 e. The molecule has 0 aliphatic carbocycles. The van der Waals surface area contributed by atoms with Crippen molar-refractivity contribution in [1.82, 2.24) is 4.98 Å². The van der Waals surface area contributed by atoms with E-state index >= 15 is 0 Å². The van der Waals surface area contributed by atoms with Crippen molar-refractivity contribution in [3.8, 4) is 0 Å². The molecular weight excluding hydrogens is 343 g/mol. The van der Waals surface area contributed by atoms with Gasteiger partial charge in [-0.2, -0.15) is 0 Å². The number of aliphatic imine (C=N–C) groups is 1. The van der Waals surface area contributed by atoms with Crippen molar-refractivity contribution in [3.63, 3.8) is 0 Å². The quantitative estimate of drug-likeness (QED) is 0.770. The van der Waals surface area contributed by atoms with Crippen molar-refractivity contribution >= 4 is 28.8 Å². The predicted octanol–water partition coefficient (Wildman–Crippen LogP) is 3.56. The summed E-state index contributed by atoms with van der Waals surface area (Å²) in [5, 5.41) is -0.625. The zero-order valence-electron chi connectivity index (χ0n) is 13.4. The number of halogens is 2. The zero-order chi connectivity index (χ0) is 18.0. The number of aryl methyl sites for hydroxylation is 1. The van der Waals surface area contributed by atoms with Gasteiger partial charge in [-0.25, -0.2) is 4.39 Å². The number of hydrogen-bond acceptors (Lipinski definition) is 4. The summed E-state index contributed by atoms with van der Waals surface area (Å²) in [5.74, 6) is -0.625. The molecule has 126 valence electrons. The second kappa shape index (κ2) is 6.69. The number of allylic oxidation sites excluding steroid dienone is 1. The van der Waals surface area contributed by atoms with Gasteiger partial charge in [-0.15, -0.1) is 0 Å². The van der Waals surface area contributed by atoms with Crippen molar-refractivity contribution in [2.75, 3.05) is 0 Å². The van der Waals surface area contributed by atoms with Gasteiger partial charge in [-0.1, -0.05) is 6.07 Å². The molecule has 3 rings (SSSR count). The Hall–Kier alpha value is -2.66. The van der Waals surface area contributed by atoms with Crippen LogP contribution in [-0.2, 0) is 16.8 Å². The molecule has 0 bridgehead atoms. The van der Waals surface area contributed by atoms with Gasteiger partial charge in [0.25, 0.3) is 5.24 Å². The van der Waals surface area contributed by atoms with E-state index in [-0.39, 0.29) is 17.8 Å². The molecule has 4 nitrogen and oxygen atoms in total. The van der Waals surface area contributed by atoms with E-state index in [0.717, 1.165) is 5.56 Å². The monoisotopic (exact) mass is 356 g/mol. The molecule has 1 aromatic carbocycles. The summed E-state index contributed by atoms with van der Waals surface area (Å²) in [7, 11) is 0. The third-order valence-corrected chi connectivity index (χ3v) is 4.39. The number of carbonyl (C=O) groups excluding carboxylic acids is 2. The first-order valence-electron chi connectivity index (χ1n) is 7.60. The summed E-state index contributed by atoms with van der Waals surface area (Å²) in [6.07, 6.45) is 6.17. The number of Topliss-reactive ketones (excluding diaryl/α,β-unsaturated/α-hetero) is 1. The van der Waals surface area contributed by atoms with Gasteiger partial charge in [0.1, 0.15) is 5.82 Å². The number of carbonyl (C=O) groups is 2. The van der Waals surface area contributed by atoms with E-state index in [1.54, 1.807) is 24.3 Å². The topological polar surface area (TPSA) is 59.4 Å². The predicted molar refractivity (Wildman–Crippen MR) is 93.6 cm³/mol. The molecule has 6 heteroatoms. The Kier molecular flexibility index (Phi) is 4.59. The van der Waals surface area contributed by atoms with E-state index < -0.39 is 16.6 Å². The molecule has 1 aromatic heterocycles. The molecule has 1 unspecified atom stereocenters. The Morgan fingerprint density at radius 2 is 2.04 bits per heavy atom. The van der Waals surface area contributed by atoms with Crippen LogP contribution in [0.15, 0.2) is 53.7 Å². The van der Waals surface area contributed by atoms with Crippen LogP contribution in [0, 0.1) is 12.7 Å². The van der Waals surface area contributed by atoms with Crippen molar-refractivity contribution in [2.24, 2.45) is 4.99 Å². The second-order valence-corrected chi connectivity index (χ2v) is 6.12. The summed E-state index contributed by atoms with van der Waals surface area (Å²) in [5.41, 5.74) is 0.782. The van der Waals surface area contributed by atoms with Crippen LogP contribution >= 0.6 is 11.6 Å². The summed E-state index contributed by atoms with van der Waals surface area (Å²) < 4.78 is 13.5. The number of nitrogens with zero attached hydrogens (tertiary/aromatic N) is 2. The highest BCUT2D eigenvalue weighted by molar-refractivity contribution is 6.67. The molecule has 25 heavy (non-hydrogen) atoms. The lowest BCUT2D eigenvalue weighted by Gasteiger charge is -2.23. The number of aromatic nitrogens is 1. The first-order valence-corrected chi connectivity index (χ1v) is 7.98. The van der Waals surface area contributed by atoms with E-state index in [9.17, 15) is 14.0 Å². The van der Waals surface area contributed by atoms with Crippen LogP contribution in [-0.4, -0.2) is 22.2 Å². The fourth-order valence-corrected chi connectivity index (χ4v) is 2.83. The number of benzene rings is 1. The van der Waals surface area contributed by atoms with Gasteiger partial charge >= 0.3 is 0 Å². The minimum absolute atomic E-state index is 0.0170. The van der Waals surface area contributed by atoms with Crippen molar-refractivity contribution in [2.45, 2.75) is 18.9 Å². The molecule has 0 radical (unpaired) electrons. The SMILES string of the molecule is Cc1ccc(F)cc1CC(=O)C1(c2ccc(C(=O)Cl)cn2)C=CC=N1. The maximum absolute atomic E-state index is 13.5. The Bertz CT molecular complexity index is 892. The summed E-state index contributed by atoms with van der Waals surface area (Å²) in [6.45, 7) is 1.82. The highest BCUT2D eigenvalue weighted by atomic mass is 35.5. The summed E-state index contributed by atoms with van der Waals surface area (Å²) in [6, 6.07) is 7.40. The summed E-state index contributed by atoms with van der Waals surface area (Å²) >= 11 is 5.43. The van der Waals surface area contributed by atoms with Crippen LogP contribution in [0.4, 0.5) is 4.39 Å². The molecule has 0 saturated heterocycles. The maximum Gasteiger partial charge on any atom is 0.253 e. The molecule has 0 spiro atoms. The number of hydrogen-bond donors (Lipinski definition) is 0. The Morgan fingerprint density at radius 1 is 1.24 bits per heavy atom. The van der Waals surface area contributed by atoms with E-state index in [0.29, 0.717) is 11.3 Å². The van der Waals surface area contributed by atoms with Crippen LogP contribution in [0.1, 0.15) is 27.2 Å². The van der Waals surface area contributed by atoms with Crippen LogP contribution in [0.3, 0.4) is 0 Å². The third kappa shape index (κ3) is 3.28. The maximum atomic E-state index is 13.5. The average molecular weight is 357 g/mol. The van der Waals surface area contributed by atoms with Gasteiger partial charge in [-0.05, 0) is 66.1 Å². The first-order chi connectivity index (χ1) is 11.9. The van der Waals surface area contributed by atoms with Crippen LogP contribution in [0.5, 0.6) is 0 Å². The first kappa shape index (κ1) is 17.2. The molecule has 1 atom stereocenters. The van der Waals surface area contributed by atoms with Crippen molar-refractivity contribution in [1.29, 1.82) is 0 Å². The largest absolute Gasteiger partial charge is 0.296 e. The molecule has 0 amide bonds. The zero-order valence-corrected chi connectivity index (χ0v) is 14.1. The number of rotatable bonds is 5. The lowest BCUT2D eigenvalue weighted by Crippen LogP contribution is -2.33. The fraction of sp³-hybridized carbons (Fsp3) is 0.158. The van der Waals surface area contributed by atoms with E-state index in [1.807, 2.05) is 6.92 Å². The van der Waals surface area contributed by atoms with Crippen LogP contribution < -0.4 is 0 Å². The highest BCUT2D eigenvalue weighted by Crippen LogP contribution is 2.32. The summed E-state index contributed by atoms with van der Waals surface area (Å²) in [4.78, 5) is 32.7. The van der Waals surface area contributed by atoms with E-state index in [2.05, 4.69) is 9.98 Å². The Labute approximate surface area is 149 Å². The number of ketones is 1.